The van der Waals surface area contributed by atoms with Gasteiger partial charge in [0, 0.05) is 39.3 Å². The topological polar surface area (TPSA) is 58.6 Å². The number of piperidine rings is 1. The van der Waals surface area contributed by atoms with Crippen molar-refractivity contribution in [2.45, 2.75) is 57.9 Å². The van der Waals surface area contributed by atoms with Crippen molar-refractivity contribution in [2.24, 2.45) is 5.41 Å². The van der Waals surface area contributed by atoms with Gasteiger partial charge in [-0.15, -0.1) is 0 Å². The van der Waals surface area contributed by atoms with Gasteiger partial charge in [-0.1, -0.05) is 12.8 Å². The first-order chi connectivity index (χ1) is 10.1. The van der Waals surface area contributed by atoms with E-state index < -0.39 is 0 Å². The molecule has 2 amide bonds. The third-order valence-corrected chi connectivity index (χ3v) is 4.93. The summed E-state index contributed by atoms with van der Waals surface area (Å²) < 4.78 is 5.46. The van der Waals surface area contributed by atoms with Gasteiger partial charge in [0.15, 0.2) is 0 Å². The number of amides is 2. The molecule has 5 heteroatoms. The third kappa shape index (κ3) is 3.96. The average Bonchev–Trinajstić information content (AvgIpc) is 2.93. The van der Waals surface area contributed by atoms with E-state index in [1.54, 1.807) is 11.9 Å². The van der Waals surface area contributed by atoms with Crippen LogP contribution in [0.25, 0.3) is 0 Å². The summed E-state index contributed by atoms with van der Waals surface area (Å²) in [6.07, 6.45) is 6.30. The minimum atomic E-state index is -0.241. The minimum Gasteiger partial charge on any atom is -0.382 e. The van der Waals surface area contributed by atoms with Crippen molar-refractivity contribution < 1.29 is 14.3 Å². The van der Waals surface area contributed by atoms with Crippen molar-refractivity contribution in [1.29, 1.82) is 0 Å². The van der Waals surface area contributed by atoms with Crippen LogP contribution in [-0.4, -0.2) is 49.6 Å². The molecule has 21 heavy (non-hydrogen) atoms. The van der Waals surface area contributed by atoms with Crippen LogP contribution in [0.5, 0.6) is 0 Å². The van der Waals surface area contributed by atoms with Gasteiger partial charge >= 0.3 is 0 Å². The Bertz CT molecular complexity index is 378. The summed E-state index contributed by atoms with van der Waals surface area (Å²) in [5.41, 5.74) is -0.241. The van der Waals surface area contributed by atoms with E-state index in [1.807, 2.05) is 6.92 Å². The number of likely N-dealkylation sites (tertiary alicyclic amines) is 1. The third-order valence-electron chi connectivity index (χ3n) is 4.93. The lowest BCUT2D eigenvalue weighted by Gasteiger charge is -2.34. The molecule has 2 fully saturated rings. The highest BCUT2D eigenvalue weighted by Gasteiger charge is 2.41. The average molecular weight is 296 g/mol. The van der Waals surface area contributed by atoms with E-state index in [1.165, 1.54) is 0 Å². The lowest BCUT2D eigenvalue weighted by Crippen LogP contribution is -2.52. The van der Waals surface area contributed by atoms with Gasteiger partial charge < -0.3 is 15.0 Å². The molecule has 0 aromatic heterocycles. The Balaban J connectivity index is 1.91. The van der Waals surface area contributed by atoms with Gasteiger partial charge in [0.1, 0.15) is 0 Å². The van der Waals surface area contributed by atoms with Gasteiger partial charge in [-0.05, 0) is 32.6 Å². The number of hydrogen-bond acceptors (Lipinski definition) is 3. The standard InChI is InChI=1S/C16H28N2O3/c1-3-21-11-10-16(8-4-5-9-16)15(20)17-13-6-7-14(19)18(2)12-13/h13H,3-12H2,1-2H3,(H,17,20)/t13-/m1/s1. The zero-order valence-corrected chi connectivity index (χ0v) is 13.3. The first-order valence-corrected chi connectivity index (χ1v) is 8.20. The van der Waals surface area contributed by atoms with Crippen LogP contribution in [-0.2, 0) is 14.3 Å². The molecule has 0 radical (unpaired) electrons. The number of nitrogens with zero attached hydrogens (tertiary/aromatic N) is 1. The van der Waals surface area contributed by atoms with Crippen molar-refractivity contribution >= 4 is 11.8 Å². The van der Waals surface area contributed by atoms with Crippen molar-refractivity contribution in [1.82, 2.24) is 10.2 Å². The SMILES string of the molecule is CCOCCC1(C(=O)N[C@@H]2CCC(=O)N(C)C2)CCCC1. The molecule has 2 rings (SSSR count). The fourth-order valence-corrected chi connectivity index (χ4v) is 3.52. The van der Waals surface area contributed by atoms with Gasteiger partial charge in [-0.2, -0.15) is 0 Å². The molecule has 1 aliphatic carbocycles. The van der Waals surface area contributed by atoms with Gasteiger partial charge in [0.05, 0.1) is 5.41 Å². The predicted molar refractivity (Wildman–Crippen MR) is 80.8 cm³/mol. The van der Waals surface area contributed by atoms with Crippen LogP contribution in [0.3, 0.4) is 0 Å². The van der Waals surface area contributed by atoms with E-state index in [0.29, 0.717) is 26.2 Å². The summed E-state index contributed by atoms with van der Waals surface area (Å²) in [4.78, 5) is 26.0. The molecule has 0 aromatic carbocycles. The molecule has 0 spiro atoms. The van der Waals surface area contributed by atoms with Crippen LogP contribution in [0.15, 0.2) is 0 Å². The quantitative estimate of drug-likeness (QED) is 0.759. The molecule has 1 heterocycles. The van der Waals surface area contributed by atoms with Crippen molar-refractivity contribution in [3.63, 3.8) is 0 Å². The van der Waals surface area contributed by atoms with E-state index in [9.17, 15) is 9.59 Å². The largest absolute Gasteiger partial charge is 0.382 e. The summed E-state index contributed by atoms with van der Waals surface area (Å²) >= 11 is 0. The van der Waals surface area contributed by atoms with Gasteiger partial charge in [-0.25, -0.2) is 0 Å². The maximum Gasteiger partial charge on any atom is 0.226 e. The zero-order chi connectivity index (χ0) is 15.3. The highest BCUT2D eigenvalue weighted by Crippen LogP contribution is 2.41. The molecule has 0 unspecified atom stereocenters. The summed E-state index contributed by atoms with van der Waals surface area (Å²) in [5.74, 6) is 0.347. The highest BCUT2D eigenvalue weighted by molar-refractivity contribution is 5.84. The number of hydrogen-bond donors (Lipinski definition) is 1. The van der Waals surface area contributed by atoms with E-state index >= 15 is 0 Å². The molecule has 5 nitrogen and oxygen atoms in total. The molecule has 1 atom stereocenters. The Morgan fingerprint density at radius 1 is 1.43 bits per heavy atom. The molecule has 120 valence electrons. The molecular formula is C16H28N2O3. The first-order valence-electron chi connectivity index (χ1n) is 8.20. The molecule has 1 aliphatic heterocycles. The van der Waals surface area contributed by atoms with Crippen LogP contribution in [0.4, 0.5) is 0 Å². The molecule has 1 saturated heterocycles. The number of ether oxygens (including phenoxy) is 1. The van der Waals surface area contributed by atoms with Crippen LogP contribution in [0.1, 0.15) is 51.9 Å². The van der Waals surface area contributed by atoms with Gasteiger partial charge in [-0.3, -0.25) is 9.59 Å². The first kappa shape index (κ1) is 16.3. The Labute approximate surface area is 127 Å². The Kier molecular flexibility index (Phi) is 5.62. The van der Waals surface area contributed by atoms with Crippen molar-refractivity contribution in [3.05, 3.63) is 0 Å². The zero-order valence-electron chi connectivity index (χ0n) is 13.3. The van der Waals surface area contributed by atoms with Crippen LogP contribution < -0.4 is 5.32 Å². The van der Waals surface area contributed by atoms with E-state index in [-0.39, 0.29) is 23.3 Å². The van der Waals surface area contributed by atoms with E-state index in [2.05, 4.69) is 5.32 Å². The van der Waals surface area contributed by atoms with Gasteiger partial charge in [0.2, 0.25) is 11.8 Å². The van der Waals surface area contributed by atoms with Crippen LogP contribution in [0, 0.1) is 5.41 Å². The fourth-order valence-electron chi connectivity index (χ4n) is 3.52. The summed E-state index contributed by atoms with van der Waals surface area (Å²) in [7, 11) is 1.81. The molecule has 1 saturated carbocycles. The fraction of sp³-hybridized carbons (Fsp3) is 0.875. The predicted octanol–water partition coefficient (Wildman–Crippen LogP) is 1.71. The van der Waals surface area contributed by atoms with Crippen molar-refractivity contribution in [2.75, 3.05) is 26.8 Å². The smallest absolute Gasteiger partial charge is 0.226 e. The number of rotatable bonds is 6. The summed E-state index contributed by atoms with van der Waals surface area (Å²) in [5, 5.41) is 3.19. The highest BCUT2D eigenvalue weighted by atomic mass is 16.5. The molecule has 2 aliphatic rings. The second-order valence-electron chi connectivity index (χ2n) is 6.42. The maximum atomic E-state index is 12.7. The Morgan fingerprint density at radius 3 is 2.76 bits per heavy atom. The number of carbonyl (C=O) groups excluding carboxylic acids is 2. The molecule has 0 aromatic rings. The van der Waals surface area contributed by atoms with Gasteiger partial charge in [0.25, 0.3) is 0 Å². The van der Waals surface area contributed by atoms with Crippen LogP contribution >= 0.6 is 0 Å². The Morgan fingerprint density at radius 2 is 2.14 bits per heavy atom. The maximum absolute atomic E-state index is 12.7. The second kappa shape index (κ2) is 7.25. The minimum absolute atomic E-state index is 0.102. The van der Waals surface area contributed by atoms with Crippen molar-refractivity contribution in [3.8, 4) is 0 Å². The molecule has 1 N–H and O–H groups in total. The van der Waals surface area contributed by atoms with E-state index in [0.717, 1.165) is 38.5 Å². The van der Waals surface area contributed by atoms with Crippen LogP contribution in [0.2, 0.25) is 0 Å². The summed E-state index contributed by atoms with van der Waals surface area (Å²) in [6, 6.07) is 0.102. The number of carbonyl (C=O) groups is 2. The monoisotopic (exact) mass is 296 g/mol. The number of nitrogens with one attached hydrogen (secondary N) is 1. The lowest BCUT2D eigenvalue weighted by molar-refractivity contribution is -0.137. The molecule has 0 bridgehead atoms. The molecular weight excluding hydrogens is 268 g/mol. The number of likely N-dealkylation sites (N-methyl/N-ethyl adjacent to an activating group) is 1. The summed E-state index contributed by atoms with van der Waals surface area (Å²) in [6.45, 7) is 3.97. The van der Waals surface area contributed by atoms with E-state index in [4.69, 9.17) is 4.74 Å². The normalized spacial score (nSPS) is 25.1. The second-order valence-corrected chi connectivity index (χ2v) is 6.42. The lowest BCUT2D eigenvalue weighted by atomic mass is 9.81. The Hall–Kier alpha value is -1.10.